The van der Waals surface area contributed by atoms with Gasteiger partial charge >= 0.3 is 24.6 Å². The molecule has 2 aromatic rings. The van der Waals surface area contributed by atoms with Gasteiger partial charge in [-0.3, -0.25) is 10.1 Å². The van der Waals surface area contributed by atoms with Crippen LogP contribution in [0.3, 0.4) is 0 Å². The minimum Gasteiger partial charge on any atom is -0.466 e. The predicted octanol–water partition coefficient (Wildman–Crippen LogP) is 4.14. The van der Waals surface area contributed by atoms with E-state index in [9.17, 15) is 28.0 Å². The molecular weight excluding hydrogens is 516 g/mol. The van der Waals surface area contributed by atoms with Crippen molar-refractivity contribution in [3.8, 4) is 5.75 Å². The average molecular weight is 544 g/mol. The molecule has 3 N–H and O–H groups in total. The largest absolute Gasteiger partial charge is 0.466 e. The van der Waals surface area contributed by atoms with Crippen LogP contribution in [0.5, 0.6) is 5.75 Å². The molecule has 1 aliphatic heterocycles. The van der Waals surface area contributed by atoms with Crippen LogP contribution in [0, 0.1) is 6.92 Å². The second-order valence-corrected chi connectivity index (χ2v) is 8.52. The number of carbonyl (C=O) groups excluding carboxylic acids is 4. The number of urea groups is 1. The molecular formula is C27H27F2N3O7. The molecule has 0 aromatic heterocycles. The van der Waals surface area contributed by atoms with E-state index in [1.54, 1.807) is 38.1 Å². The molecule has 10 nitrogen and oxygen atoms in total. The van der Waals surface area contributed by atoms with Gasteiger partial charge in [-0.25, -0.2) is 14.4 Å². The second kappa shape index (κ2) is 12.2. The van der Waals surface area contributed by atoms with E-state index in [-0.39, 0.29) is 33.7 Å². The molecule has 206 valence electrons. The topological polar surface area (TPSA) is 132 Å². The van der Waals surface area contributed by atoms with Gasteiger partial charge < -0.3 is 24.8 Å². The van der Waals surface area contributed by atoms with E-state index >= 15 is 0 Å². The van der Waals surface area contributed by atoms with Crippen molar-refractivity contribution in [1.82, 2.24) is 10.6 Å². The summed E-state index contributed by atoms with van der Waals surface area (Å²) in [5.41, 5.74) is 1.68. The summed E-state index contributed by atoms with van der Waals surface area (Å²) >= 11 is 0. The molecule has 39 heavy (non-hydrogen) atoms. The number of hydrogen-bond donors (Lipinski definition) is 3. The number of methoxy groups -OCH3 is 2. The number of dihydropyridines is 1. The number of ether oxygens (including phenoxy) is 3. The van der Waals surface area contributed by atoms with Crippen LogP contribution in [0.1, 0.15) is 41.3 Å². The summed E-state index contributed by atoms with van der Waals surface area (Å²) in [6.45, 7) is 1.71. The molecule has 0 spiro atoms. The van der Waals surface area contributed by atoms with Crippen molar-refractivity contribution in [2.45, 2.75) is 33.3 Å². The summed E-state index contributed by atoms with van der Waals surface area (Å²) < 4.78 is 41.2. The summed E-state index contributed by atoms with van der Waals surface area (Å²) in [6.07, 6.45) is 0. The van der Waals surface area contributed by atoms with Gasteiger partial charge in [0.25, 0.3) is 5.91 Å². The average Bonchev–Trinajstić information content (AvgIpc) is 2.88. The molecule has 3 amide bonds. The van der Waals surface area contributed by atoms with E-state index in [2.05, 4.69) is 16.0 Å². The van der Waals surface area contributed by atoms with Crippen LogP contribution < -0.4 is 20.7 Å². The van der Waals surface area contributed by atoms with Gasteiger partial charge in [-0.2, -0.15) is 8.78 Å². The number of benzene rings is 2. The van der Waals surface area contributed by atoms with Crippen LogP contribution in [0.25, 0.3) is 0 Å². The van der Waals surface area contributed by atoms with Crippen molar-refractivity contribution >= 4 is 29.6 Å². The third-order valence-corrected chi connectivity index (χ3v) is 5.91. The van der Waals surface area contributed by atoms with E-state index in [1.807, 2.05) is 6.92 Å². The number of halogens is 2. The third kappa shape index (κ3) is 6.58. The SMILES string of the molecule is COC(=O)C1=C(C)NC(C)=C(C(=O)OC)C1c1cc(NC(=O)NC(=O)c2ccc(C)cc2)ccc1OC(F)F. The normalized spacial score (nSPS) is 13.5. The van der Waals surface area contributed by atoms with Crippen molar-refractivity contribution in [2.75, 3.05) is 19.5 Å². The van der Waals surface area contributed by atoms with Crippen LogP contribution in [-0.4, -0.2) is 44.7 Å². The summed E-state index contributed by atoms with van der Waals surface area (Å²) in [7, 11) is 2.26. The first kappa shape index (κ1) is 28.8. The maximum Gasteiger partial charge on any atom is 0.387 e. The van der Waals surface area contributed by atoms with Crippen LogP contribution >= 0.6 is 0 Å². The van der Waals surface area contributed by atoms with E-state index < -0.39 is 36.4 Å². The molecule has 0 aliphatic carbocycles. The molecule has 1 aliphatic rings. The van der Waals surface area contributed by atoms with Gasteiger partial charge in [0.15, 0.2) is 0 Å². The summed E-state index contributed by atoms with van der Waals surface area (Å²) in [5.74, 6) is -3.95. The summed E-state index contributed by atoms with van der Waals surface area (Å²) in [6, 6.07) is 9.29. The Balaban J connectivity index is 2.06. The quantitative estimate of drug-likeness (QED) is 0.444. The summed E-state index contributed by atoms with van der Waals surface area (Å²) in [4.78, 5) is 50.6. The Morgan fingerprint density at radius 2 is 1.44 bits per heavy atom. The number of amides is 3. The van der Waals surface area contributed by atoms with E-state index in [0.29, 0.717) is 11.4 Å². The first-order valence-corrected chi connectivity index (χ1v) is 11.6. The minimum atomic E-state index is -3.24. The molecule has 0 saturated heterocycles. The summed E-state index contributed by atoms with van der Waals surface area (Å²) in [5, 5.41) is 7.55. The molecule has 0 unspecified atom stereocenters. The fraction of sp³-hybridized carbons (Fsp3) is 0.259. The lowest BCUT2D eigenvalue weighted by atomic mass is 9.79. The van der Waals surface area contributed by atoms with Crippen molar-refractivity contribution in [2.24, 2.45) is 0 Å². The van der Waals surface area contributed by atoms with Gasteiger partial charge in [-0.15, -0.1) is 0 Å². The molecule has 0 saturated carbocycles. The van der Waals surface area contributed by atoms with Crippen molar-refractivity contribution in [1.29, 1.82) is 0 Å². The highest BCUT2D eigenvalue weighted by Crippen LogP contribution is 2.44. The number of imide groups is 1. The van der Waals surface area contributed by atoms with Gasteiger partial charge in [0, 0.05) is 28.2 Å². The first-order chi connectivity index (χ1) is 18.5. The van der Waals surface area contributed by atoms with Crippen LogP contribution in [0.15, 0.2) is 65.0 Å². The predicted molar refractivity (Wildman–Crippen MR) is 136 cm³/mol. The number of nitrogens with one attached hydrogen (secondary N) is 3. The van der Waals surface area contributed by atoms with Gasteiger partial charge in [0.2, 0.25) is 0 Å². The monoisotopic (exact) mass is 543 g/mol. The van der Waals surface area contributed by atoms with Gasteiger partial charge in [0.1, 0.15) is 5.75 Å². The van der Waals surface area contributed by atoms with E-state index in [4.69, 9.17) is 14.2 Å². The highest BCUT2D eigenvalue weighted by atomic mass is 19.3. The lowest BCUT2D eigenvalue weighted by Gasteiger charge is -2.31. The van der Waals surface area contributed by atoms with Crippen LogP contribution in [0.4, 0.5) is 19.3 Å². The lowest BCUT2D eigenvalue weighted by molar-refractivity contribution is -0.137. The number of aryl methyl sites for hydroxylation is 1. The fourth-order valence-electron chi connectivity index (χ4n) is 4.16. The first-order valence-electron chi connectivity index (χ1n) is 11.6. The zero-order chi connectivity index (χ0) is 28.9. The van der Waals surface area contributed by atoms with Crippen molar-refractivity contribution in [3.05, 3.63) is 81.7 Å². The number of alkyl halides is 2. The molecule has 0 radical (unpaired) electrons. The van der Waals surface area contributed by atoms with E-state index in [1.165, 1.54) is 12.1 Å². The van der Waals surface area contributed by atoms with Crippen molar-refractivity contribution in [3.63, 3.8) is 0 Å². The molecule has 3 rings (SSSR count). The lowest BCUT2D eigenvalue weighted by Crippen LogP contribution is -2.34. The molecule has 0 bridgehead atoms. The Morgan fingerprint density at radius 3 is 1.95 bits per heavy atom. The van der Waals surface area contributed by atoms with Crippen LogP contribution in [-0.2, 0) is 19.1 Å². The number of esters is 2. The highest BCUT2D eigenvalue weighted by molar-refractivity contribution is 6.08. The number of anilines is 1. The van der Waals surface area contributed by atoms with E-state index in [0.717, 1.165) is 25.8 Å². The zero-order valence-electron chi connectivity index (χ0n) is 21.8. The second-order valence-electron chi connectivity index (χ2n) is 8.52. The minimum absolute atomic E-state index is 0.0565. The number of hydrogen-bond acceptors (Lipinski definition) is 8. The van der Waals surface area contributed by atoms with Crippen molar-refractivity contribution < 1.29 is 42.2 Å². The highest BCUT2D eigenvalue weighted by Gasteiger charge is 2.39. The number of rotatable bonds is 7. The van der Waals surface area contributed by atoms with Gasteiger partial charge in [-0.1, -0.05) is 17.7 Å². The third-order valence-electron chi connectivity index (χ3n) is 5.91. The van der Waals surface area contributed by atoms with Gasteiger partial charge in [-0.05, 0) is 51.1 Å². The number of carbonyl (C=O) groups is 4. The Morgan fingerprint density at radius 1 is 0.872 bits per heavy atom. The maximum absolute atomic E-state index is 13.3. The smallest absolute Gasteiger partial charge is 0.387 e. The zero-order valence-corrected chi connectivity index (χ0v) is 21.8. The molecule has 1 heterocycles. The Kier molecular flexibility index (Phi) is 9.02. The standard InChI is InChI=1S/C27H27F2N3O7/c1-13-6-8-16(9-7-13)23(33)32-27(36)31-17-10-11-19(39-26(28)29)18(12-17)22-20(24(34)37-4)14(2)30-15(3)21(22)25(35)38-5/h6-12,22,26,30H,1-5H3,(H2,31,32,33,36). The van der Waals surface area contributed by atoms with Crippen LogP contribution in [0.2, 0.25) is 0 Å². The molecule has 0 fully saturated rings. The maximum atomic E-state index is 13.3. The number of allylic oxidation sites excluding steroid dienone is 2. The fourth-order valence-corrected chi connectivity index (χ4v) is 4.16. The Bertz CT molecular complexity index is 1330. The molecule has 12 heteroatoms. The van der Waals surface area contributed by atoms with Gasteiger partial charge in [0.05, 0.1) is 31.3 Å². The molecule has 0 atom stereocenters. The Labute approximate surface area is 223 Å². The Hall–Kier alpha value is -4.74. The molecule has 2 aromatic carbocycles.